The SMILES string of the molecule is COc1cccc(OC)c1C1CCN(C(=O)c2c(C)n(-c3ccnc(Cl)c3)c3ccccc23)CC1. The van der Waals surface area contributed by atoms with Gasteiger partial charge in [-0.05, 0) is 56.0 Å². The van der Waals surface area contributed by atoms with Gasteiger partial charge in [0.1, 0.15) is 16.7 Å². The molecule has 0 atom stereocenters. The van der Waals surface area contributed by atoms with Crippen LogP contribution in [0.25, 0.3) is 16.6 Å². The van der Waals surface area contributed by atoms with Gasteiger partial charge >= 0.3 is 0 Å². The van der Waals surface area contributed by atoms with Crippen LogP contribution in [0.5, 0.6) is 11.5 Å². The average Bonchev–Trinajstić information content (AvgIpc) is 3.19. The van der Waals surface area contributed by atoms with Crippen LogP contribution in [0.1, 0.15) is 40.4 Å². The summed E-state index contributed by atoms with van der Waals surface area (Å²) in [5.74, 6) is 2.00. The number of piperidine rings is 1. The number of nitrogens with zero attached hydrogens (tertiary/aromatic N) is 3. The van der Waals surface area contributed by atoms with Crippen molar-refractivity contribution in [2.45, 2.75) is 25.7 Å². The van der Waals surface area contributed by atoms with Crippen LogP contribution in [0.2, 0.25) is 5.15 Å². The molecule has 5 rings (SSSR count). The van der Waals surface area contributed by atoms with Gasteiger partial charge in [-0.2, -0.15) is 0 Å². The second kappa shape index (κ2) is 9.62. The fourth-order valence-corrected chi connectivity index (χ4v) is 5.48. The van der Waals surface area contributed by atoms with Gasteiger partial charge in [0.15, 0.2) is 0 Å². The number of rotatable bonds is 5. The van der Waals surface area contributed by atoms with Gasteiger partial charge in [0.2, 0.25) is 0 Å². The first-order chi connectivity index (χ1) is 17.0. The number of carbonyl (C=O) groups excluding carboxylic acids is 1. The molecule has 1 amide bonds. The largest absolute Gasteiger partial charge is 0.496 e. The van der Waals surface area contributed by atoms with Crippen LogP contribution in [-0.4, -0.2) is 47.7 Å². The number of halogens is 1. The molecule has 0 radical (unpaired) electrons. The van der Waals surface area contributed by atoms with E-state index in [9.17, 15) is 4.79 Å². The second-order valence-electron chi connectivity index (χ2n) is 8.79. The molecule has 0 unspecified atom stereocenters. The summed E-state index contributed by atoms with van der Waals surface area (Å²) < 4.78 is 13.3. The van der Waals surface area contributed by atoms with E-state index in [0.29, 0.717) is 18.2 Å². The van der Waals surface area contributed by atoms with Gasteiger partial charge < -0.3 is 18.9 Å². The van der Waals surface area contributed by atoms with E-state index >= 15 is 0 Å². The topological polar surface area (TPSA) is 56.6 Å². The quantitative estimate of drug-likeness (QED) is 0.321. The van der Waals surface area contributed by atoms with E-state index in [2.05, 4.69) is 9.55 Å². The number of likely N-dealkylation sites (tertiary alicyclic amines) is 1. The smallest absolute Gasteiger partial charge is 0.256 e. The Kier molecular flexibility index (Phi) is 6.39. The first-order valence-corrected chi connectivity index (χ1v) is 12.1. The van der Waals surface area contributed by atoms with Gasteiger partial charge in [-0.25, -0.2) is 4.98 Å². The molecular formula is C28H28ClN3O3. The third-order valence-electron chi connectivity index (χ3n) is 6.95. The van der Waals surface area contributed by atoms with E-state index in [4.69, 9.17) is 21.1 Å². The summed E-state index contributed by atoms with van der Waals surface area (Å²) in [4.78, 5) is 19.9. The van der Waals surface area contributed by atoms with Crippen molar-refractivity contribution in [1.82, 2.24) is 14.5 Å². The lowest BCUT2D eigenvalue weighted by Gasteiger charge is -2.33. The number of pyridine rings is 1. The van der Waals surface area contributed by atoms with Crippen LogP contribution < -0.4 is 9.47 Å². The molecule has 0 spiro atoms. The predicted molar refractivity (Wildman–Crippen MR) is 138 cm³/mol. The third kappa shape index (κ3) is 4.12. The first-order valence-electron chi connectivity index (χ1n) is 11.8. The molecule has 1 saturated heterocycles. The summed E-state index contributed by atoms with van der Waals surface area (Å²) >= 11 is 6.18. The molecular weight excluding hydrogens is 462 g/mol. The minimum atomic E-state index is 0.0584. The molecule has 2 aromatic heterocycles. The summed E-state index contributed by atoms with van der Waals surface area (Å²) in [6, 6.07) is 17.6. The molecule has 1 fully saturated rings. The van der Waals surface area contributed by atoms with Crippen molar-refractivity contribution < 1.29 is 14.3 Å². The van der Waals surface area contributed by atoms with Crippen LogP contribution in [0.3, 0.4) is 0 Å². The number of fused-ring (bicyclic) bond motifs is 1. The predicted octanol–water partition coefficient (Wildman–Crippen LogP) is 6.02. The van der Waals surface area contributed by atoms with Gasteiger partial charge in [0, 0.05) is 35.9 Å². The number of ether oxygens (including phenoxy) is 2. The van der Waals surface area contributed by atoms with Crippen molar-refractivity contribution in [2.75, 3.05) is 27.3 Å². The third-order valence-corrected chi connectivity index (χ3v) is 7.16. The molecule has 7 heteroatoms. The molecule has 0 aliphatic carbocycles. The number of benzene rings is 2. The monoisotopic (exact) mass is 489 g/mol. The highest BCUT2D eigenvalue weighted by Crippen LogP contribution is 2.41. The number of amides is 1. The molecule has 1 aliphatic heterocycles. The van der Waals surface area contributed by atoms with E-state index in [1.807, 2.05) is 66.4 Å². The zero-order valence-electron chi connectivity index (χ0n) is 20.1. The highest BCUT2D eigenvalue weighted by molar-refractivity contribution is 6.29. The Hall–Kier alpha value is -3.51. The molecule has 4 aromatic rings. The highest BCUT2D eigenvalue weighted by atomic mass is 35.5. The standard InChI is InChI=1S/C28H28ClN3O3/c1-18-26(21-7-4-5-8-22(21)32(18)20-11-14-30-25(29)17-20)28(33)31-15-12-19(13-16-31)27-23(34-2)9-6-10-24(27)35-3/h4-11,14,17,19H,12-13,15-16H2,1-3H3. The normalized spacial score (nSPS) is 14.3. The lowest BCUT2D eigenvalue weighted by Crippen LogP contribution is -2.38. The van der Waals surface area contributed by atoms with Crippen molar-refractivity contribution >= 4 is 28.4 Å². The molecule has 1 aliphatic rings. The van der Waals surface area contributed by atoms with Crippen LogP contribution in [0.4, 0.5) is 0 Å². The maximum atomic E-state index is 13.9. The van der Waals surface area contributed by atoms with E-state index in [-0.39, 0.29) is 11.8 Å². The molecule has 6 nitrogen and oxygen atoms in total. The van der Waals surface area contributed by atoms with Gasteiger partial charge in [-0.3, -0.25) is 4.79 Å². The summed E-state index contributed by atoms with van der Waals surface area (Å²) in [6.07, 6.45) is 3.38. The summed E-state index contributed by atoms with van der Waals surface area (Å²) in [5.41, 5.74) is 4.59. The molecule has 0 saturated carbocycles. The van der Waals surface area contributed by atoms with Crippen molar-refractivity contribution in [3.63, 3.8) is 0 Å². The van der Waals surface area contributed by atoms with Crippen LogP contribution in [-0.2, 0) is 0 Å². The van der Waals surface area contributed by atoms with E-state index in [0.717, 1.165) is 57.8 Å². The van der Waals surface area contributed by atoms with Crippen molar-refractivity contribution in [3.05, 3.63) is 82.8 Å². The summed E-state index contributed by atoms with van der Waals surface area (Å²) in [6.45, 7) is 3.34. The van der Waals surface area contributed by atoms with E-state index in [1.54, 1.807) is 20.4 Å². The number of aromatic nitrogens is 2. The Bertz CT molecular complexity index is 1370. The summed E-state index contributed by atoms with van der Waals surface area (Å²) in [7, 11) is 3.37. The van der Waals surface area contributed by atoms with Gasteiger partial charge in [0.05, 0.1) is 31.0 Å². The van der Waals surface area contributed by atoms with Crippen molar-refractivity contribution in [1.29, 1.82) is 0 Å². The zero-order chi connectivity index (χ0) is 24.5. The minimum Gasteiger partial charge on any atom is -0.496 e. The van der Waals surface area contributed by atoms with E-state index < -0.39 is 0 Å². The van der Waals surface area contributed by atoms with Gasteiger partial charge in [-0.15, -0.1) is 0 Å². The molecule has 35 heavy (non-hydrogen) atoms. The van der Waals surface area contributed by atoms with Crippen LogP contribution in [0.15, 0.2) is 60.8 Å². The van der Waals surface area contributed by atoms with Gasteiger partial charge in [-0.1, -0.05) is 35.9 Å². The van der Waals surface area contributed by atoms with Crippen molar-refractivity contribution in [3.8, 4) is 17.2 Å². The van der Waals surface area contributed by atoms with Crippen LogP contribution in [0, 0.1) is 6.92 Å². The zero-order valence-corrected chi connectivity index (χ0v) is 20.9. The highest BCUT2D eigenvalue weighted by Gasteiger charge is 2.31. The number of hydrogen-bond donors (Lipinski definition) is 0. The van der Waals surface area contributed by atoms with E-state index in [1.165, 1.54) is 0 Å². The molecule has 3 heterocycles. The maximum Gasteiger partial charge on any atom is 0.256 e. The first kappa shape index (κ1) is 23.2. The van der Waals surface area contributed by atoms with Crippen LogP contribution >= 0.6 is 11.6 Å². The Morgan fingerprint density at radius 3 is 2.34 bits per heavy atom. The number of hydrogen-bond acceptors (Lipinski definition) is 4. The lowest BCUT2D eigenvalue weighted by molar-refractivity contribution is 0.0713. The molecule has 180 valence electrons. The Balaban J connectivity index is 1.46. The molecule has 2 aromatic carbocycles. The lowest BCUT2D eigenvalue weighted by atomic mass is 9.87. The molecule has 0 bridgehead atoms. The Morgan fingerprint density at radius 2 is 1.69 bits per heavy atom. The Labute approximate surface area is 210 Å². The average molecular weight is 490 g/mol. The number of para-hydroxylation sites is 1. The van der Waals surface area contributed by atoms with Crippen molar-refractivity contribution in [2.24, 2.45) is 0 Å². The van der Waals surface area contributed by atoms with Gasteiger partial charge in [0.25, 0.3) is 5.91 Å². The fraction of sp³-hybridized carbons (Fsp3) is 0.286. The minimum absolute atomic E-state index is 0.0584. The summed E-state index contributed by atoms with van der Waals surface area (Å²) in [5, 5.41) is 1.36. The number of methoxy groups -OCH3 is 2. The maximum absolute atomic E-state index is 13.9. The fourth-order valence-electron chi connectivity index (χ4n) is 5.31. The number of carbonyl (C=O) groups is 1. The Morgan fingerprint density at radius 1 is 1.00 bits per heavy atom. The molecule has 0 N–H and O–H groups in total. The second-order valence-corrected chi connectivity index (χ2v) is 9.18.